The Morgan fingerprint density at radius 3 is 2.55 bits per heavy atom. The third kappa shape index (κ3) is 4.04. The van der Waals surface area contributed by atoms with E-state index in [1.165, 1.54) is 0 Å². The molecule has 0 amide bonds. The third-order valence-corrected chi connectivity index (χ3v) is 3.80. The van der Waals surface area contributed by atoms with E-state index in [-0.39, 0.29) is 6.10 Å². The molecule has 0 aromatic heterocycles. The number of rotatable bonds is 6. The number of hydrogen-bond donors (Lipinski definition) is 0. The van der Waals surface area contributed by atoms with Crippen LogP contribution in [0.5, 0.6) is 11.5 Å². The van der Waals surface area contributed by atoms with E-state index in [1.807, 2.05) is 62.7 Å². The molecule has 0 N–H and O–H groups in total. The molecule has 116 valence electrons. The molecule has 0 aliphatic rings. The summed E-state index contributed by atoms with van der Waals surface area (Å²) in [5.41, 5.74) is 1.86. The highest BCUT2D eigenvalue weighted by molar-refractivity contribution is 7.98. The molecule has 0 fully saturated rings. The van der Waals surface area contributed by atoms with Crippen LogP contribution in [0.1, 0.15) is 19.4 Å². The van der Waals surface area contributed by atoms with Crippen LogP contribution in [0, 0.1) is 0 Å². The van der Waals surface area contributed by atoms with Crippen LogP contribution in [0.15, 0.2) is 52.4 Å². The average molecular weight is 315 g/mol. The van der Waals surface area contributed by atoms with Gasteiger partial charge in [0.1, 0.15) is 0 Å². The minimum absolute atomic E-state index is 0.0712. The van der Waals surface area contributed by atoms with Crippen LogP contribution in [0.25, 0.3) is 0 Å². The quantitative estimate of drug-likeness (QED) is 0.558. The summed E-state index contributed by atoms with van der Waals surface area (Å²) in [7, 11) is 1.65. The molecule has 2 rings (SSSR count). The molecule has 0 heterocycles. The highest BCUT2D eigenvalue weighted by atomic mass is 32.2. The van der Waals surface area contributed by atoms with Crippen molar-refractivity contribution >= 4 is 23.7 Å². The van der Waals surface area contributed by atoms with Gasteiger partial charge in [-0.2, -0.15) is 0 Å². The Kier molecular flexibility index (Phi) is 5.90. The fraction of sp³-hybridized carbons (Fsp3) is 0.278. The zero-order valence-corrected chi connectivity index (χ0v) is 14.2. The summed E-state index contributed by atoms with van der Waals surface area (Å²) in [4.78, 5) is 5.76. The monoisotopic (exact) mass is 315 g/mol. The Morgan fingerprint density at radius 1 is 1.09 bits per heavy atom. The topological polar surface area (TPSA) is 30.8 Å². The van der Waals surface area contributed by atoms with Gasteiger partial charge < -0.3 is 9.47 Å². The highest BCUT2D eigenvalue weighted by Crippen LogP contribution is 2.32. The smallest absolute Gasteiger partial charge is 0.170 e. The zero-order valence-electron chi connectivity index (χ0n) is 13.4. The number of nitrogens with zero attached hydrogens (tertiary/aromatic N) is 1. The summed E-state index contributed by atoms with van der Waals surface area (Å²) in [6.07, 6.45) is 3.95. The van der Waals surface area contributed by atoms with Crippen molar-refractivity contribution in [3.63, 3.8) is 0 Å². The summed E-state index contributed by atoms with van der Waals surface area (Å²) >= 11 is 1.68. The molecule has 0 unspecified atom stereocenters. The number of methoxy groups -OCH3 is 1. The summed E-state index contributed by atoms with van der Waals surface area (Å²) in [6, 6.07) is 13.9. The zero-order chi connectivity index (χ0) is 15.9. The Balaban J connectivity index is 2.38. The largest absolute Gasteiger partial charge is 0.493 e. The molecule has 2 aromatic rings. The van der Waals surface area contributed by atoms with E-state index in [9.17, 15) is 0 Å². The van der Waals surface area contributed by atoms with Crippen molar-refractivity contribution in [2.24, 2.45) is 4.99 Å². The fourth-order valence-corrected chi connectivity index (χ4v) is 2.58. The fourth-order valence-electron chi connectivity index (χ4n) is 2.03. The van der Waals surface area contributed by atoms with Crippen LogP contribution in [-0.2, 0) is 0 Å². The van der Waals surface area contributed by atoms with Crippen LogP contribution >= 0.6 is 11.8 Å². The molecule has 0 saturated carbocycles. The third-order valence-electron chi connectivity index (χ3n) is 3.01. The molecule has 0 aliphatic heterocycles. The van der Waals surface area contributed by atoms with Crippen molar-refractivity contribution in [3.05, 3.63) is 48.0 Å². The summed E-state index contributed by atoms with van der Waals surface area (Å²) in [5.74, 6) is 1.45. The summed E-state index contributed by atoms with van der Waals surface area (Å²) in [6.45, 7) is 3.99. The minimum atomic E-state index is 0.0712. The number of ether oxygens (including phenoxy) is 2. The van der Waals surface area contributed by atoms with Crippen molar-refractivity contribution in [1.82, 2.24) is 0 Å². The molecule has 0 aliphatic carbocycles. The second-order valence-corrected chi connectivity index (χ2v) is 5.82. The van der Waals surface area contributed by atoms with Crippen molar-refractivity contribution in [3.8, 4) is 11.5 Å². The molecule has 22 heavy (non-hydrogen) atoms. The molecule has 0 radical (unpaired) electrons. The lowest BCUT2D eigenvalue weighted by Gasteiger charge is -2.15. The average Bonchev–Trinajstić information content (AvgIpc) is 2.53. The molecule has 0 bridgehead atoms. The van der Waals surface area contributed by atoms with E-state index < -0.39 is 0 Å². The minimum Gasteiger partial charge on any atom is -0.493 e. The molecule has 0 atom stereocenters. The van der Waals surface area contributed by atoms with Gasteiger partial charge >= 0.3 is 0 Å². The van der Waals surface area contributed by atoms with Crippen molar-refractivity contribution in [2.45, 2.75) is 24.8 Å². The lowest BCUT2D eigenvalue weighted by Crippen LogP contribution is -2.08. The van der Waals surface area contributed by atoms with E-state index in [2.05, 4.69) is 11.1 Å². The highest BCUT2D eigenvalue weighted by Gasteiger charge is 2.11. The lowest BCUT2D eigenvalue weighted by molar-refractivity contribution is 0.230. The van der Waals surface area contributed by atoms with Crippen LogP contribution in [0.2, 0.25) is 0 Å². The van der Waals surface area contributed by atoms with Crippen molar-refractivity contribution in [2.75, 3.05) is 13.4 Å². The molecular formula is C18H21NO2S. The Labute approximate surface area is 136 Å². The van der Waals surface area contributed by atoms with Gasteiger partial charge in [-0.15, -0.1) is 11.8 Å². The number of hydrogen-bond acceptors (Lipinski definition) is 4. The maximum Gasteiger partial charge on any atom is 0.170 e. The maximum atomic E-state index is 5.89. The normalized spacial score (nSPS) is 11.1. The molecular weight excluding hydrogens is 294 g/mol. The van der Waals surface area contributed by atoms with E-state index in [0.29, 0.717) is 0 Å². The van der Waals surface area contributed by atoms with Gasteiger partial charge in [0.2, 0.25) is 0 Å². The van der Waals surface area contributed by atoms with E-state index in [0.717, 1.165) is 27.6 Å². The van der Waals surface area contributed by atoms with Crippen LogP contribution < -0.4 is 9.47 Å². The summed E-state index contributed by atoms with van der Waals surface area (Å²) in [5, 5.41) is 0. The first kappa shape index (κ1) is 16.4. The van der Waals surface area contributed by atoms with Crippen molar-refractivity contribution in [1.29, 1.82) is 0 Å². The molecule has 4 heteroatoms. The maximum absolute atomic E-state index is 5.89. The predicted octanol–water partition coefficient (Wildman–Crippen LogP) is 4.95. The second-order valence-electron chi connectivity index (χ2n) is 4.98. The van der Waals surface area contributed by atoms with Crippen molar-refractivity contribution < 1.29 is 9.47 Å². The molecule has 3 nitrogen and oxygen atoms in total. The van der Waals surface area contributed by atoms with Gasteiger partial charge in [0, 0.05) is 16.7 Å². The van der Waals surface area contributed by atoms with Gasteiger partial charge in [-0.05, 0) is 44.4 Å². The molecule has 2 aromatic carbocycles. The van der Waals surface area contributed by atoms with Crippen LogP contribution in [-0.4, -0.2) is 25.7 Å². The first-order chi connectivity index (χ1) is 10.7. The van der Waals surface area contributed by atoms with Gasteiger partial charge in [0.15, 0.2) is 11.5 Å². The first-order valence-electron chi connectivity index (χ1n) is 7.16. The standard InChI is InChI=1S/C18H21NO2S/c1-13(2)21-18-14(8-7-10-16(18)20-3)12-19-15-9-5-6-11-17(15)22-4/h5-13H,1-4H3. The number of aliphatic imine (C=N–C) groups is 1. The van der Waals surface area contributed by atoms with E-state index in [4.69, 9.17) is 9.47 Å². The van der Waals surface area contributed by atoms with Gasteiger partial charge in [-0.3, -0.25) is 4.99 Å². The van der Waals surface area contributed by atoms with Gasteiger partial charge in [0.05, 0.1) is 18.9 Å². The molecule has 0 saturated heterocycles. The first-order valence-corrected chi connectivity index (χ1v) is 8.39. The summed E-state index contributed by atoms with van der Waals surface area (Å²) < 4.78 is 11.3. The van der Waals surface area contributed by atoms with Gasteiger partial charge in [-0.1, -0.05) is 18.2 Å². The SMILES string of the molecule is COc1cccc(C=Nc2ccccc2SC)c1OC(C)C. The number of benzene rings is 2. The number of para-hydroxylation sites is 2. The van der Waals surface area contributed by atoms with Gasteiger partial charge in [0.25, 0.3) is 0 Å². The Hall–Kier alpha value is -1.94. The Bertz CT molecular complexity index is 653. The second kappa shape index (κ2) is 7.90. The van der Waals surface area contributed by atoms with E-state index in [1.54, 1.807) is 18.9 Å². The van der Waals surface area contributed by atoms with E-state index >= 15 is 0 Å². The van der Waals surface area contributed by atoms with Crippen LogP contribution in [0.4, 0.5) is 5.69 Å². The molecule has 0 spiro atoms. The van der Waals surface area contributed by atoms with Crippen LogP contribution in [0.3, 0.4) is 0 Å². The number of thioether (sulfide) groups is 1. The van der Waals surface area contributed by atoms with Gasteiger partial charge in [-0.25, -0.2) is 0 Å². The predicted molar refractivity (Wildman–Crippen MR) is 94.2 cm³/mol. The Morgan fingerprint density at radius 2 is 1.86 bits per heavy atom. The lowest BCUT2D eigenvalue weighted by atomic mass is 10.2.